The Bertz CT molecular complexity index is 635. The molecule has 1 nitrogen and oxygen atoms in total. The molecule has 0 radical (unpaired) electrons. The van der Waals surface area contributed by atoms with Crippen LogP contribution in [0.3, 0.4) is 0 Å². The third-order valence-corrected chi connectivity index (χ3v) is 4.27. The fraction of sp³-hybridized carbons (Fsp3) is 0.333. The van der Waals surface area contributed by atoms with Gasteiger partial charge < -0.3 is 5.73 Å². The van der Waals surface area contributed by atoms with Gasteiger partial charge in [0.05, 0.1) is 0 Å². The van der Waals surface area contributed by atoms with Crippen molar-refractivity contribution in [1.29, 1.82) is 0 Å². The highest BCUT2D eigenvalue weighted by atomic mass is 19.4. The SMILES string of the molecule is CCc1ccc(C(c2ccc(CN)cc2)(C(F)(F)F)C(F)(F)F)cc1. The van der Waals surface area contributed by atoms with Gasteiger partial charge in [0, 0.05) is 6.54 Å². The average molecular weight is 361 g/mol. The molecule has 0 heterocycles. The highest BCUT2D eigenvalue weighted by Gasteiger charge is 2.72. The highest BCUT2D eigenvalue weighted by Crippen LogP contribution is 2.56. The lowest BCUT2D eigenvalue weighted by atomic mass is 9.72. The predicted molar refractivity (Wildman–Crippen MR) is 83.0 cm³/mol. The van der Waals surface area contributed by atoms with Crippen LogP contribution in [0.1, 0.15) is 29.2 Å². The summed E-state index contributed by atoms with van der Waals surface area (Å²) < 4.78 is 83.2. The summed E-state index contributed by atoms with van der Waals surface area (Å²) >= 11 is 0. The lowest BCUT2D eigenvalue weighted by Crippen LogP contribution is -2.54. The minimum atomic E-state index is -5.57. The van der Waals surface area contributed by atoms with Crippen molar-refractivity contribution < 1.29 is 26.3 Å². The Kier molecular flexibility index (Phi) is 5.18. The van der Waals surface area contributed by atoms with Crippen molar-refractivity contribution in [3.63, 3.8) is 0 Å². The monoisotopic (exact) mass is 361 g/mol. The third kappa shape index (κ3) is 3.25. The molecule has 25 heavy (non-hydrogen) atoms. The van der Waals surface area contributed by atoms with E-state index in [0.717, 1.165) is 24.3 Å². The van der Waals surface area contributed by atoms with Crippen molar-refractivity contribution in [3.05, 3.63) is 70.8 Å². The molecular formula is C18H17F6N. The molecule has 0 spiro atoms. The number of halogens is 6. The molecule has 0 amide bonds. The summed E-state index contributed by atoms with van der Waals surface area (Å²) in [7, 11) is 0. The number of hydrogen-bond donors (Lipinski definition) is 1. The van der Waals surface area contributed by atoms with Crippen LogP contribution in [-0.4, -0.2) is 12.4 Å². The molecule has 0 saturated heterocycles. The second kappa shape index (κ2) is 6.71. The van der Waals surface area contributed by atoms with Crippen molar-refractivity contribution in [2.24, 2.45) is 5.73 Å². The fourth-order valence-electron chi connectivity index (χ4n) is 2.86. The van der Waals surface area contributed by atoms with E-state index in [1.807, 2.05) is 0 Å². The number of aryl methyl sites for hydroxylation is 1. The van der Waals surface area contributed by atoms with Crippen molar-refractivity contribution in [2.45, 2.75) is 37.7 Å². The highest BCUT2D eigenvalue weighted by molar-refractivity contribution is 5.45. The summed E-state index contributed by atoms with van der Waals surface area (Å²) in [6.07, 6.45) is -10.6. The van der Waals surface area contributed by atoms with E-state index in [1.165, 1.54) is 24.3 Å². The normalized spacial score (nSPS) is 13.1. The summed E-state index contributed by atoms with van der Waals surface area (Å²) in [5.41, 5.74) is 0.645. The van der Waals surface area contributed by atoms with Crippen LogP contribution in [-0.2, 0) is 18.4 Å². The molecule has 0 aliphatic heterocycles. The smallest absolute Gasteiger partial charge is 0.326 e. The van der Waals surface area contributed by atoms with E-state index in [9.17, 15) is 26.3 Å². The molecule has 0 unspecified atom stereocenters. The first-order valence-corrected chi connectivity index (χ1v) is 7.60. The van der Waals surface area contributed by atoms with Gasteiger partial charge in [0.15, 0.2) is 0 Å². The molecule has 0 aromatic heterocycles. The van der Waals surface area contributed by atoms with Crippen LogP contribution in [0.15, 0.2) is 48.5 Å². The van der Waals surface area contributed by atoms with Gasteiger partial charge in [-0.1, -0.05) is 55.5 Å². The Labute approximate surface area is 141 Å². The Morgan fingerprint density at radius 1 is 0.680 bits per heavy atom. The Balaban J connectivity index is 2.80. The molecular weight excluding hydrogens is 344 g/mol. The van der Waals surface area contributed by atoms with E-state index in [4.69, 9.17) is 5.73 Å². The van der Waals surface area contributed by atoms with Crippen LogP contribution >= 0.6 is 0 Å². The van der Waals surface area contributed by atoms with Crippen molar-refractivity contribution in [1.82, 2.24) is 0 Å². The van der Waals surface area contributed by atoms with E-state index in [-0.39, 0.29) is 6.54 Å². The Morgan fingerprint density at radius 3 is 1.32 bits per heavy atom. The van der Waals surface area contributed by atoms with Gasteiger partial charge in [0.25, 0.3) is 0 Å². The minimum Gasteiger partial charge on any atom is -0.326 e. The van der Waals surface area contributed by atoms with Crippen LogP contribution in [0.5, 0.6) is 0 Å². The molecule has 0 saturated carbocycles. The molecule has 2 N–H and O–H groups in total. The van der Waals surface area contributed by atoms with Gasteiger partial charge in [-0.15, -0.1) is 0 Å². The first-order chi connectivity index (χ1) is 11.6. The maximum Gasteiger partial charge on any atom is 0.411 e. The lowest BCUT2D eigenvalue weighted by Gasteiger charge is -2.38. The van der Waals surface area contributed by atoms with Crippen LogP contribution in [0, 0.1) is 0 Å². The summed E-state index contributed by atoms with van der Waals surface area (Å²) in [4.78, 5) is 0. The van der Waals surface area contributed by atoms with E-state index in [0.29, 0.717) is 17.5 Å². The van der Waals surface area contributed by atoms with E-state index in [2.05, 4.69) is 0 Å². The minimum absolute atomic E-state index is 0.0243. The second-order valence-corrected chi connectivity index (χ2v) is 5.70. The predicted octanol–water partition coefficient (Wildman–Crippen LogP) is 5.12. The Morgan fingerprint density at radius 2 is 1.04 bits per heavy atom. The summed E-state index contributed by atoms with van der Waals surface area (Å²) in [6.45, 7) is 1.79. The zero-order chi connectivity index (χ0) is 18.9. The van der Waals surface area contributed by atoms with E-state index >= 15 is 0 Å². The number of benzene rings is 2. The van der Waals surface area contributed by atoms with Gasteiger partial charge in [-0.2, -0.15) is 26.3 Å². The van der Waals surface area contributed by atoms with Gasteiger partial charge in [0.2, 0.25) is 5.41 Å². The first kappa shape index (κ1) is 19.3. The molecule has 2 aromatic rings. The molecule has 0 aliphatic carbocycles. The fourth-order valence-corrected chi connectivity index (χ4v) is 2.86. The summed E-state index contributed by atoms with van der Waals surface area (Å²) in [5, 5.41) is 0. The van der Waals surface area contributed by atoms with Crippen LogP contribution in [0.2, 0.25) is 0 Å². The maximum absolute atomic E-state index is 13.9. The molecule has 2 aromatic carbocycles. The van der Waals surface area contributed by atoms with Gasteiger partial charge in [-0.3, -0.25) is 0 Å². The first-order valence-electron chi connectivity index (χ1n) is 7.60. The molecule has 7 heteroatoms. The number of hydrogen-bond acceptors (Lipinski definition) is 1. The molecule has 2 rings (SSSR count). The zero-order valence-electron chi connectivity index (χ0n) is 13.4. The second-order valence-electron chi connectivity index (χ2n) is 5.70. The van der Waals surface area contributed by atoms with E-state index < -0.39 is 28.9 Å². The lowest BCUT2D eigenvalue weighted by molar-refractivity contribution is -0.288. The number of nitrogens with two attached hydrogens (primary N) is 1. The number of rotatable bonds is 4. The summed E-state index contributed by atoms with van der Waals surface area (Å²) in [6, 6.07) is 8.43. The van der Waals surface area contributed by atoms with Crippen molar-refractivity contribution >= 4 is 0 Å². The van der Waals surface area contributed by atoms with E-state index in [1.54, 1.807) is 6.92 Å². The van der Waals surface area contributed by atoms with Crippen LogP contribution in [0.25, 0.3) is 0 Å². The zero-order valence-corrected chi connectivity index (χ0v) is 13.4. The largest absolute Gasteiger partial charge is 0.411 e. The van der Waals surface area contributed by atoms with Gasteiger partial charge >= 0.3 is 12.4 Å². The standard InChI is InChI=1S/C18H17F6N/c1-2-12-3-7-14(8-4-12)16(17(19,20)21,18(22,23)24)15-9-5-13(11-25)6-10-15/h3-10H,2,11,25H2,1H3. The molecule has 0 fully saturated rings. The quantitative estimate of drug-likeness (QED) is 0.752. The van der Waals surface area contributed by atoms with Gasteiger partial charge in [-0.25, -0.2) is 0 Å². The number of alkyl halides is 6. The van der Waals surface area contributed by atoms with Crippen molar-refractivity contribution in [2.75, 3.05) is 0 Å². The Hall–Kier alpha value is -2.02. The van der Waals surface area contributed by atoms with Crippen LogP contribution < -0.4 is 5.73 Å². The molecule has 0 aliphatic rings. The van der Waals surface area contributed by atoms with Gasteiger partial charge in [-0.05, 0) is 28.7 Å². The van der Waals surface area contributed by atoms with Crippen LogP contribution in [0.4, 0.5) is 26.3 Å². The average Bonchev–Trinajstić information content (AvgIpc) is 2.54. The van der Waals surface area contributed by atoms with Crippen molar-refractivity contribution in [3.8, 4) is 0 Å². The third-order valence-electron chi connectivity index (χ3n) is 4.27. The van der Waals surface area contributed by atoms with Gasteiger partial charge in [0.1, 0.15) is 0 Å². The molecule has 0 atom stereocenters. The molecule has 136 valence electrons. The molecule has 0 bridgehead atoms. The topological polar surface area (TPSA) is 26.0 Å². The maximum atomic E-state index is 13.9. The summed E-state index contributed by atoms with van der Waals surface area (Å²) in [5.74, 6) is 0.